The zero-order valence-corrected chi connectivity index (χ0v) is 11.1. The second kappa shape index (κ2) is 7.84. The van der Waals surface area contributed by atoms with Crippen LogP contribution in [0.4, 0.5) is 5.95 Å². The molecule has 0 aliphatic rings. The summed E-state index contributed by atoms with van der Waals surface area (Å²) in [5, 5.41) is 12.1. The number of nitrogens with zero attached hydrogens (tertiary/aromatic N) is 2. The molecule has 1 heterocycles. The standard InChI is InChI=1S/C12H21N3O3/c1-9(2)18-11-4-6-13-12(15-11)14-10(5-7-16)8-17-3/h4,6,9-10,16H,5,7-8H2,1-3H3,(H,13,14,15). The molecule has 0 aliphatic carbocycles. The van der Waals surface area contributed by atoms with Crippen LogP contribution in [0.15, 0.2) is 12.3 Å². The van der Waals surface area contributed by atoms with Crippen LogP contribution in [0.5, 0.6) is 5.88 Å². The second-order valence-electron chi connectivity index (χ2n) is 4.19. The molecule has 0 saturated heterocycles. The molecule has 0 radical (unpaired) electrons. The number of aromatic nitrogens is 2. The van der Waals surface area contributed by atoms with Crippen LogP contribution in [-0.4, -0.2) is 47.5 Å². The summed E-state index contributed by atoms with van der Waals surface area (Å²) in [7, 11) is 1.62. The lowest BCUT2D eigenvalue weighted by molar-refractivity contribution is 0.170. The third-order valence-corrected chi connectivity index (χ3v) is 2.17. The van der Waals surface area contributed by atoms with Crippen molar-refractivity contribution in [2.24, 2.45) is 0 Å². The van der Waals surface area contributed by atoms with Crippen LogP contribution in [0.2, 0.25) is 0 Å². The van der Waals surface area contributed by atoms with Crippen molar-refractivity contribution in [3.8, 4) is 5.88 Å². The first kappa shape index (κ1) is 14.7. The number of hydrogen-bond donors (Lipinski definition) is 2. The number of nitrogens with one attached hydrogen (secondary N) is 1. The first-order chi connectivity index (χ1) is 8.65. The van der Waals surface area contributed by atoms with Crippen molar-refractivity contribution in [2.75, 3.05) is 25.6 Å². The number of methoxy groups -OCH3 is 1. The van der Waals surface area contributed by atoms with Crippen molar-refractivity contribution in [2.45, 2.75) is 32.4 Å². The van der Waals surface area contributed by atoms with Gasteiger partial charge in [-0.25, -0.2) is 4.98 Å². The molecule has 1 unspecified atom stereocenters. The minimum absolute atomic E-state index is 0.0192. The van der Waals surface area contributed by atoms with Crippen LogP contribution in [0.25, 0.3) is 0 Å². The number of anilines is 1. The Morgan fingerprint density at radius 2 is 2.22 bits per heavy atom. The highest BCUT2D eigenvalue weighted by Gasteiger charge is 2.10. The Kier molecular flexibility index (Phi) is 6.38. The van der Waals surface area contributed by atoms with Crippen LogP contribution < -0.4 is 10.1 Å². The lowest BCUT2D eigenvalue weighted by Crippen LogP contribution is -2.27. The maximum atomic E-state index is 8.95. The average molecular weight is 255 g/mol. The molecule has 1 aromatic rings. The molecule has 1 atom stereocenters. The molecule has 0 saturated carbocycles. The summed E-state index contributed by atoms with van der Waals surface area (Å²) in [6, 6.07) is 1.69. The van der Waals surface area contributed by atoms with E-state index in [0.29, 0.717) is 24.9 Å². The molecule has 6 nitrogen and oxygen atoms in total. The SMILES string of the molecule is COCC(CCO)Nc1nccc(OC(C)C)n1. The van der Waals surface area contributed by atoms with E-state index in [2.05, 4.69) is 15.3 Å². The van der Waals surface area contributed by atoms with Gasteiger partial charge in [0.15, 0.2) is 0 Å². The maximum Gasteiger partial charge on any atom is 0.226 e. The number of aliphatic hydroxyl groups is 1. The summed E-state index contributed by atoms with van der Waals surface area (Å²) >= 11 is 0. The Hall–Kier alpha value is -1.40. The summed E-state index contributed by atoms with van der Waals surface area (Å²) in [6.07, 6.45) is 2.28. The van der Waals surface area contributed by atoms with E-state index in [-0.39, 0.29) is 18.8 Å². The Balaban J connectivity index is 2.64. The lowest BCUT2D eigenvalue weighted by Gasteiger charge is -2.17. The molecule has 6 heteroatoms. The van der Waals surface area contributed by atoms with Gasteiger partial charge in [-0.05, 0) is 20.3 Å². The van der Waals surface area contributed by atoms with Gasteiger partial charge in [-0.15, -0.1) is 0 Å². The van der Waals surface area contributed by atoms with E-state index in [1.54, 1.807) is 19.4 Å². The third kappa shape index (κ3) is 5.29. The van der Waals surface area contributed by atoms with Crippen LogP contribution in [0.1, 0.15) is 20.3 Å². The van der Waals surface area contributed by atoms with E-state index in [1.165, 1.54) is 0 Å². The van der Waals surface area contributed by atoms with Crippen LogP contribution >= 0.6 is 0 Å². The number of hydrogen-bond acceptors (Lipinski definition) is 6. The fourth-order valence-corrected chi connectivity index (χ4v) is 1.46. The largest absolute Gasteiger partial charge is 0.475 e. The molecule has 102 valence electrons. The molecule has 18 heavy (non-hydrogen) atoms. The van der Waals surface area contributed by atoms with Crippen LogP contribution in [-0.2, 0) is 4.74 Å². The zero-order valence-electron chi connectivity index (χ0n) is 11.1. The van der Waals surface area contributed by atoms with E-state index in [4.69, 9.17) is 14.6 Å². The highest BCUT2D eigenvalue weighted by Crippen LogP contribution is 2.11. The van der Waals surface area contributed by atoms with Gasteiger partial charge in [0.05, 0.1) is 18.8 Å². The quantitative estimate of drug-likeness (QED) is 0.723. The van der Waals surface area contributed by atoms with Crippen molar-refractivity contribution < 1.29 is 14.6 Å². The van der Waals surface area contributed by atoms with Gasteiger partial charge in [0, 0.05) is 26.0 Å². The predicted octanol–water partition coefficient (Wildman–Crippen LogP) is 1.07. The minimum atomic E-state index is -0.0192. The van der Waals surface area contributed by atoms with Crippen molar-refractivity contribution in [3.05, 3.63) is 12.3 Å². The van der Waals surface area contributed by atoms with Gasteiger partial charge in [-0.1, -0.05) is 0 Å². The van der Waals surface area contributed by atoms with Crippen LogP contribution in [0.3, 0.4) is 0 Å². The fourth-order valence-electron chi connectivity index (χ4n) is 1.46. The highest BCUT2D eigenvalue weighted by atomic mass is 16.5. The Morgan fingerprint density at radius 3 is 2.83 bits per heavy atom. The molecular weight excluding hydrogens is 234 g/mol. The highest BCUT2D eigenvalue weighted by molar-refractivity contribution is 5.28. The first-order valence-electron chi connectivity index (χ1n) is 6.01. The Morgan fingerprint density at radius 1 is 1.44 bits per heavy atom. The van der Waals surface area contributed by atoms with Gasteiger partial charge in [-0.3, -0.25) is 0 Å². The number of aliphatic hydroxyl groups excluding tert-OH is 1. The zero-order chi connectivity index (χ0) is 13.4. The molecule has 2 N–H and O–H groups in total. The van der Waals surface area contributed by atoms with Gasteiger partial charge in [0.1, 0.15) is 0 Å². The van der Waals surface area contributed by atoms with E-state index in [1.807, 2.05) is 13.8 Å². The smallest absolute Gasteiger partial charge is 0.226 e. The number of rotatable bonds is 8. The van der Waals surface area contributed by atoms with E-state index in [9.17, 15) is 0 Å². The Bertz CT molecular complexity index is 341. The monoisotopic (exact) mass is 255 g/mol. The van der Waals surface area contributed by atoms with E-state index >= 15 is 0 Å². The van der Waals surface area contributed by atoms with Crippen LogP contribution in [0, 0.1) is 0 Å². The van der Waals surface area contributed by atoms with Crippen molar-refractivity contribution >= 4 is 5.95 Å². The van der Waals surface area contributed by atoms with Gasteiger partial charge in [0.2, 0.25) is 11.8 Å². The molecule has 0 fully saturated rings. The summed E-state index contributed by atoms with van der Waals surface area (Å²) in [4.78, 5) is 8.35. The van der Waals surface area contributed by atoms with Crippen molar-refractivity contribution in [1.82, 2.24) is 9.97 Å². The molecule has 0 bridgehead atoms. The summed E-state index contributed by atoms with van der Waals surface area (Å²) in [5.74, 6) is 1.01. The first-order valence-corrected chi connectivity index (χ1v) is 6.01. The normalized spacial score (nSPS) is 12.5. The van der Waals surface area contributed by atoms with Gasteiger partial charge in [0.25, 0.3) is 0 Å². The maximum absolute atomic E-state index is 8.95. The number of ether oxygens (including phenoxy) is 2. The van der Waals surface area contributed by atoms with Gasteiger partial charge >= 0.3 is 0 Å². The molecular formula is C12H21N3O3. The molecule has 1 aromatic heterocycles. The predicted molar refractivity (Wildman–Crippen MR) is 68.8 cm³/mol. The fraction of sp³-hybridized carbons (Fsp3) is 0.667. The summed E-state index contributed by atoms with van der Waals surface area (Å²) < 4.78 is 10.5. The molecule has 0 aromatic carbocycles. The topological polar surface area (TPSA) is 76.5 Å². The van der Waals surface area contributed by atoms with Crippen molar-refractivity contribution in [3.63, 3.8) is 0 Å². The molecule has 0 aliphatic heterocycles. The molecule has 0 spiro atoms. The summed E-state index contributed by atoms with van der Waals surface area (Å²) in [6.45, 7) is 4.45. The Labute approximate surface area is 107 Å². The van der Waals surface area contributed by atoms with E-state index < -0.39 is 0 Å². The van der Waals surface area contributed by atoms with Gasteiger partial charge in [-0.2, -0.15) is 4.98 Å². The molecule has 0 amide bonds. The second-order valence-corrected chi connectivity index (χ2v) is 4.19. The van der Waals surface area contributed by atoms with Gasteiger partial charge < -0.3 is 19.9 Å². The third-order valence-electron chi connectivity index (χ3n) is 2.17. The average Bonchev–Trinajstić information content (AvgIpc) is 2.29. The van der Waals surface area contributed by atoms with Crippen molar-refractivity contribution in [1.29, 1.82) is 0 Å². The summed E-state index contributed by atoms with van der Waals surface area (Å²) in [5.41, 5.74) is 0. The molecule has 1 rings (SSSR count). The minimum Gasteiger partial charge on any atom is -0.475 e. The lowest BCUT2D eigenvalue weighted by atomic mass is 10.2. The van der Waals surface area contributed by atoms with E-state index in [0.717, 1.165) is 0 Å².